The van der Waals surface area contributed by atoms with Crippen LogP contribution in [0.25, 0.3) is 0 Å². The molecule has 0 radical (unpaired) electrons. The van der Waals surface area contributed by atoms with Gasteiger partial charge in [0, 0.05) is 24.1 Å². The van der Waals surface area contributed by atoms with Crippen LogP contribution in [0.2, 0.25) is 0 Å². The van der Waals surface area contributed by atoms with Crippen molar-refractivity contribution in [3.8, 4) is 11.5 Å². The Morgan fingerprint density at radius 1 is 1.24 bits per heavy atom. The zero-order valence-electron chi connectivity index (χ0n) is 12.2. The van der Waals surface area contributed by atoms with Gasteiger partial charge in [-0.25, -0.2) is 8.42 Å². The van der Waals surface area contributed by atoms with Crippen LogP contribution in [0.1, 0.15) is 30.9 Å². The smallest absolute Gasteiger partial charge is 0.150 e. The molecule has 1 aromatic carbocycles. The molecule has 2 heterocycles. The molecule has 5 nitrogen and oxygen atoms in total. The van der Waals surface area contributed by atoms with Gasteiger partial charge < -0.3 is 14.8 Å². The quantitative estimate of drug-likeness (QED) is 0.920. The largest absolute Gasteiger partial charge is 0.497 e. The first-order chi connectivity index (χ1) is 10.1. The fourth-order valence-electron chi connectivity index (χ4n) is 3.01. The minimum absolute atomic E-state index is 0.203. The van der Waals surface area contributed by atoms with Crippen molar-refractivity contribution in [2.45, 2.75) is 31.3 Å². The Kier molecular flexibility index (Phi) is 4.08. The van der Waals surface area contributed by atoms with Crippen molar-refractivity contribution in [3.05, 3.63) is 23.8 Å². The molecule has 6 heteroatoms. The molecular formula is C15H21NO4S. The summed E-state index contributed by atoms with van der Waals surface area (Å²) in [5.74, 6) is 2.29. The summed E-state index contributed by atoms with van der Waals surface area (Å²) < 4.78 is 34.0. The highest BCUT2D eigenvalue weighted by Gasteiger charge is 2.28. The molecule has 1 aromatic rings. The average molecular weight is 311 g/mol. The number of rotatable bonds is 3. The van der Waals surface area contributed by atoms with Crippen molar-refractivity contribution < 1.29 is 17.9 Å². The van der Waals surface area contributed by atoms with Gasteiger partial charge >= 0.3 is 0 Å². The van der Waals surface area contributed by atoms with Crippen LogP contribution < -0.4 is 14.8 Å². The first-order valence-electron chi connectivity index (χ1n) is 7.34. The van der Waals surface area contributed by atoms with Crippen molar-refractivity contribution in [1.82, 2.24) is 5.32 Å². The Hall–Kier alpha value is -1.27. The van der Waals surface area contributed by atoms with Gasteiger partial charge in [0.1, 0.15) is 21.3 Å². The van der Waals surface area contributed by atoms with Crippen LogP contribution in [0.4, 0.5) is 0 Å². The van der Waals surface area contributed by atoms with E-state index in [1.165, 1.54) is 0 Å². The molecule has 21 heavy (non-hydrogen) atoms. The number of methoxy groups -OCH3 is 1. The number of fused-ring (bicyclic) bond motifs is 1. The minimum atomic E-state index is -2.81. The molecule has 1 N–H and O–H groups in total. The van der Waals surface area contributed by atoms with Crippen molar-refractivity contribution in [1.29, 1.82) is 0 Å². The molecule has 0 bridgehead atoms. The third kappa shape index (κ3) is 3.32. The number of benzene rings is 1. The van der Waals surface area contributed by atoms with Gasteiger partial charge in [0.25, 0.3) is 0 Å². The minimum Gasteiger partial charge on any atom is -0.497 e. The van der Waals surface area contributed by atoms with E-state index in [-0.39, 0.29) is 12.1 Å². The molecule has 3 rings (SSSR count). The topological polar surface area (TPSA) is 64.6 Å². The van der Waals surface area contributed by atoms with E-state index < -0.39 is 9.84 Å². The molecule has 1 saturated heterocycles. The fraction of sp³-hybridized carbons (Fsp3) is 0.600. The van der Waals surface area contributed by atoms with Crippen LogP contribution in [0.5, 0.6) is 11.5 Å². The highest BCUT2D eigenvalue weighted by atomic mass is 32.2. The molecule has 1 fully saturated rings. The van der Waals surface area contributed by atoms with Gasteiger partial charge in [-0.05, 0) is 31.0 Å². The van der Waals surface area contributed by atoms with Crippen LogP contribution in [-0.4, -0.2) is 39.7 Å². The molecule has 0 aromatic heterocycles. The van der Waals surface area contributed by atoms with E-state index in [9.17, 15) is 8.42 Å². The Bertz CT molecular complexity index is 600. The van der Waals surface area contributed by atoms with E-state index in [0.717, 1.165) is 23.5 Å². The average Bonchev–Trinajstić information content (AvgIpc) is 2.49. The van der Waals surface area contributed by atoms with Gasteiger partial charge in [0.2, 0.25) is 0 Å². The fourth-order valence-corrected chi connectivity index (χ4v) is 4.51. The highest BCUT2D eigenvalue weighted by molar-refractivity contribution is 7.91. The summed E-state index contributed by atoms with van der Waals surface area (Å²) in [6, 6.07) is 6.30. The lowest BCUT2D eigenvalue weighted by Crippen LogP contribution is -2.40. The maximum Gasteiger partial charge on any atom is 0.150 e. The second kappa shape index (κ2) is 5.85. The van der Waals surface area contributed by atoms with Gasteiger partial charge in [-0.1, -0.05) is 0 Å². The molecule has 1 unspecified atom stereocenters. The standard InChI is InChI=1S/C15H21NO4S/c1-19-12-2-3-15-13(10-12)14(4-7-20-15)16-11-5-8-21(17,18)9-6-11/h2-3,10-11,14,16H,4-9H2,1H3. The summed E-state index contributed by atoms with van der Waals surface area (Å²) in [6.45, 7) is 0.683. The van der Waals surface area contributed by atoms with Crippen molar-refractivity contribution >= 4 is 9.84 Å². The summed E-state index contributed by atoms with van der Waals surface area (Å²) >= 11 is 0. The first kappa shape index (κ1) is 14.7. The second-order valence-corrected chi connectivity index (χ2v) is 7.99. The molecule has 116 valence electrons. The number of ether oxygens (including phenoxy) is 2. The van der Waals surface area contributed by atoms with E-state index >= 15 is 0 Å². The molecule has 0 spiro atoms. The zero-order chi connectivity index (χ0) is 14.9. The van der Waals surface area contributed by atoms with Gasteiger partial charge in [0.05, 0.1) is 25.2 Å². The molecule has 0 saturated carbocycles. The summed E-state index contributed by atoms with van der Waals surface area (Å²) in [7, 11) is -1.16. The number of sulfone groups is 1. The lowest BCUT2D eigenvalue weighted by atomic mass is 9.98. The second-order valence-electron chi connectivity index (χ2n) is 5.69. The summed E-state index contributed by atoms with van der Waals surface area (Å²) in [5, 5.41) is 3.60. The SMILES string of the molecule is COc1ccc2c(c1)C(NC1CCS(=O)(=O)CC1)CCO2. The molecule has 1 atom stereocenters. The monoisotopic (exact) mass is 311 g/mol. The maximum absolute atomic E-state index is 11.5. The predicted octanol–water partition coefficient (Wildman–Crippen LogP) is 1.69. The van der Waals surface area contributed by atoms with Crippen molar-refractivity contribution in [2.24, 2.45) is 0 Å². The Labute approximate surface area is 125 Å². The van der Waals surface area contributed by atoms with E-state index in [2.05, 4.69) is 5.32 Å². The van der Waals surface area contributed by atoms with Crippen LogP contribution in [0, 0.1) is 0 Å². The third-order valence-corrected chi connectivity index (χ3v) is 5.96. The molecule has 2 aliphatic rings. The molecule has 0 amide bonds. The van der Waals surface area contributed by atoms with E-state index in [0.29, 0.717) is 31.0 Å². The summed E-state index contributed by atoms with van der Waals surface area (Å²) in [6.07, 6.45) is 2.28. The van der Waals surface area contributed by atoms with Crippen molar-refractivity contribution in [2.75, 3.05) is 25.2 Å². The zero-order valence-corrected chi connectivity index (χ0v) is 13.0. The first-order valence-corrected chi connectivity index (χ1v) is 9.17. The number of hydrogen-bond donors (Lipinski definition) is 1. The highest BCUT2D eigenvalue weighted by Crippen LogP contribution is 2.35. The summed E-state index contributed by atoms with van der Waals surface area (Å²) in [5.41, 5.74) is 1.11. The molecular weight excluding hydrogens is 290 g/mol. The molecule has 0 aliphatic carbocycles. The van der Waals surface area contributed by atoms with Gasteiger partial charge in [0.15, 0.2) is 0 Å². The Balaban J connectivity index is 1.73. The van der Waals surface area contributed by atoms with Crippen LogP contribution in [0.15, 0.2) is 18.2 Å². The third-order valence-electron chi connectivity index (χ3n) is 4.25. The predicted molar refractivity (Wildman–Crippen MR) is 80.7 cm³/mol. The van der Waals surface area contributed by atoms with Gasteiger partial charge in [-0.3, -0.25) is 0 Å². The van der Waals surface area contributed by atoms with Crippen LogP contribution >= 0.6 is 0 Å². The Morgan fingerprint density at radius 2 is 2.00 bits per heavy atom. The molecule has 2 aliphatic heterocycles. The van der Waals surface area contributed by atoms with Crippen molar-refractivity contribution in [3.63, 3.8) is 0 Å². The normalized spacial score (nSPS) is 24.9. The lowest BCUT2D eigenvalue weighted by Gasteiger charge is -2.32. The summed E-state index contributed by atoms with van der Waals surface area (Å²) in [4.78, 5) is 0. The lowest BCUT2D eigenvalue weighted by molar-refractivity contribution is 0.240. The Morgan fingerprint density at radius 3 is 2.71 bits per heavy atom. The number of hydrogen-bond acceptors (Lipinski definition) is 5. The number of nitrogens with one attached hydrogen (secondary N) is 1. The van der Waals surface area contributed by atoms with Gasteiger partial charge in [-0.2, -0.15) is 0 Å². The van der Waals surface area contributed by atoms with E-state index in [1.54, 1.807) is 7.11 Å². The van der Waals surface area contributed by atoms with E-state index in [1.807, 2.05) is 18.2 Å². The van der Waals surface area contributed by atoms with Crippen LogP contribution in [-0.2, 0) is 9.84 Å². The van der Waals surface area contributed by atoms with Crippen LogP contribution in [0.3, 0.4) is 0 Å². The van der Waals surface area contributed by atoms with E-state index in [4.69, 9.17) is 9.47 Å². The maximum atomic E-state index is 11.5. The van der Waals surface area contributed by atoms with Gasteiger partial charge in [-0.15, -0.1) is 0 Å².